The van der Waals surface area contributed by atoms with Crippen LogP contribution in [0.1, 0.15) is 17.5 Å². The molecule has 0 heterocycles. The van der Waals surface area contributed by atoms with E-state index in [1.54, 1.807) is 6.08 Å². The lowest BCUT2D eigenvalue weighted by molar-refractivity contribution is -0.131. The fraction of sp³-hybridized carbons (Fsp3) is 0.154. The van der Waals surface area contributed by atoms with Crippen LogP contribution in [0, 0.1) is 11.8 Å². The van der Waals surface area contributed by atoms with Crippen LogP contribution in [-0.2, 0) is 4.79 Å². The van der Waals surface area contributed by atoms with E-state index in [0.29, 0.717) is 0 Å². The number of hydrogen-bond acceptors (Lipinski definition) is 2. The second-order valence-electron chi connectivity index (χ2n) is 3.03. The van der Waals surface area contributed by atoms with Gasteiger partial charge in [0.25, 0.3) is 0 Å². The SMILES string of the molecule is O=C(O)/C=C/c1ccccc1C#CCCS. The molecule has 1 aromatic carbocycles. The van der Waals surface area contributed by atoms with Crippen molar-refractivity contribution in [3.8, 4) is 11.8 Å². The molecule has 3 heteroatoms. The molecule has 0 amide bonds. The van der Waals surface area contributed by atoms with Crippen molar-refractivity contribution >= 4 is 24.7 Å². The van der Waals surface area contributed by atoms with Crippen molar-refractivity contribution < 1.29 is 9.90 Å². The van der Waals surface area contributed by atoms with Crippen LogP contribution in [0.25, 0.3) is 6.08 Å². The first kappa shape index (κ1) is 12.4. The molecule has 2 nitrogen and oxygen atoms in total. The smallest absolute Gasteiger partial charge is 0.328 e. The van der Waals surface area contributed by atoms with Gasteiger partial charge in [0.2, 0.25) is 0 Å². The second kappa shape index (κ2) is 6.76. The molecule has 0 spiro atoms. The molecular formula is C13H12O2S. The molecule has 0 saturated carbocycles. The van der Waals surface area contributed by atoms with Gasteiger partial charge >= 0.3 is 5.97 Å². The van der Waals surface area contributed by atoms with E-state index in [1.165, 1.54) is 0 Å². The van der Waals surface area contributed by atoms with Gasteiger partial charge in [0, 0.05) is 23.8 Å². The molecule has 0 unspecified atom stereocenters. The Bertz CT molecular complexity index is 452. The molecule has 0 bridgehead atoms. The standard InChI is InChI=1S/C13H12O2S/c14-13(15)9-8-12-6-2-1-5-11(12)7-3-4-10-16/h1-2,5-6,8-9,16H,4,10H2,(H,14,15)/b9-8+. The summed E-state index contributed by atoms with van der Waals surface area (Å²) in [5.41, 5.74) is 1.65. The Balaban J connectivity index is 2.93. The summed E-state index contributed by atoms with van der Waals surface area (Å²) < 4.78 is 0. The van der Waals surface area contributed by atoms with Crippen LogP contribution >= 0.6 is 12.6 Å². The Morgan fingerprint density at radius 1 is 1.44 bits per heavy atom. The summed E-state index contributed by atoms with van der Waals surface area (Å²) in [5.74, 6) is 5.73. The molecule has 0 atom stereocenters. The van der Waals surface area contributed by atoms with Gasteiger partial charge in [-0.05, 0) is 17.7 Å². The van der Waals surface area contributed by atoms with Gasteiger partial charge in [-0.3, -0.25) is 0 Å². The van der Waals surface area contributed by atoms with E-state index in [-0.39, 0.29) is 0 Å². The molecular weight excluding hydrogens is 220 g/mol. The molecule has 0 aliphatic rings. The number of hydrogen-bond donors (Lipinski definition) is 2. The highest BCUT2D eigenvalue weighted by Crippen LogP contribution is 2.09. The minimum atomic E-state index is -0.960. The summed E-state index contributed by atoms with van der Waals surface area (Å²) in [7, 11) is 0. The number of thiol groups is 1. The Kier molecular flexibility index (Phi) is 5.24. The maximum Gasteiger partial charge on any atom is 0.328 e. The largest absolute Gasteiger partial charge is 0.478 e. The summed E-state index contributed by atoms with van der Waals surface area (Å²) >= 11 is 4.07. The lowest BCUT2D eigenvalue weighted by Gasteiger charge is -1.96. The Hall–Kier alpha value is -1.66. The Morgan fingerprint density at radius 3 is 2.88 bits per heavy atom. The van der Waals surface area contributed by atoms with Gasteiger partial charge in [0.05, 0.1) is 0 Å². The van der Waals surface area contributed by atoms with E-state index >= 15 is 0 Å². The van der Waals surface area contributed by atoms with Gasteiger partial charge < -0.3 is 5.11 Å². The quantitative estimate of drug-likeness (QED) is 0.477. The summed E-state index contributed by atoms with van der Waals surface area (Å²) in [5, 5.41) is 8.55. The van der Waals surface area contributed by atoms with Gasteiger partial charge in [0.15, 0.2) is 0 Å². The number of rotatable bonds is 3. The molecule has 0 aliphatic heterocycles. The minimum Gasteiger partial charge on any atom is -0.478 e. The van der Waals surface area contributed by atoms with Gasteiger partial charge in [0.1, 0.15) is 0 Å². The average Bonchev–Trinajstić information content (AvgIpc) is 2.28. The zero-order chi connectivity index (χ0) is 11.8. The first-order valence-corrected chi connectivity index (χ1v) is 5.47. The molecule has 16 heavy (non-hydrogen) atoms. The molecule has 0 fully saturated rings. The van der Waals surface area contributed by atoms with Crippen molar-refractivity contribution in [2.45, 2.75) is 6.42 Å². The van der Waals surface area contributed by atoms with E-state index in [1.807, 2.05) is 24.3 Å². The zero-order valence-corrected chi connectivity index (χ0v) is 9.58. The summed E-state index contributed by atoms with van der Waals surface area (Å²) in [6.07, 6.45) is 3.38. The second-order valence-corrected chi connectivity index (χ2v) is 3.48. The predicted octanol–water partition coefficient (Wildman–Crippen LogP) is 2.46. The number of carbonyl (C=O) groups is 1. The maximum absolute atomic E-state index is 10.4. The zero-order valence-electron chi connectivity index (χ0n) is 8.68. The van der Waals surface area contributed by atoms with Gasteiger partial charge in [-0.1, -0.05) is 30.0 Å². The molecule has 0 radical (unpaired) electrons. The number of aliphatic carboxylic acids is 1. The van der Waals surface area contributed by atoms with Gasteiger partial charge in [-0.2, -0.15) is 12.6 Å². The Morgan fingerprint density at radius 2 is 2.19 bits per heavy atom. The van der Waals surface area contributed by atoms with E-state index in [2.05, 4.69) is 24.5 Å². The first-order chi connectivity index (χ1) is 7.74. The van der Waals surface area contributed by atoms with Crippen molar-refractivity contribution in [2.24, 2.45) is 0 Å². The highest BCUT2D eigenvalue weighted by atomic mass is 32.1. The van der Waals surface area contributed by atoms with Gasteiger partial charge in [-0.15, -0.1) is 0 Å². The number of benzene rings is 1. The van der Waals surface area contributed by atoms with Crippen LogP contribution in [-0.4, -0.2) is 16.8 Å². The van der Waals surface area contributed by atoms with Crippen LogP contribution in [0.15, 0.2) is 30.3 Å². The van der Waals surface area contributed by atoms with E-state index in [4.69, 9.17) is 5.11 Å². The van der Waals surface area contributed by atoms with Crippen molar-refractivity contribution in [3.05, 3.63) is 41.5 Å². The minimum absolute atomic E-state index is 0.722. The molecule has 1 rings (SSSR count). The third kappa shape index (κ3) is 4.24. The normalized spacial score (nSPS) is 9.81. The molecule has 1 aromatic rings. The van der Waals surface area contributed by atoms with Crippen LogP contribution in [0.4, 0.5) is 0 Å². The average molecular weight is 232 g/mol. The van der Waals surface area contributed by atoms with Crippen molar-refractivity contribution in [1.29, 1.82) is 0 Å². The molecule has 82 valence electrons. The van der Waals surface area contributed by atoms with Crippen molar-refractivity contribution in [1.82, 2.24) is 0 Å². The maximum atomic E-state index is 10.4. The van der Waals surface area contributed by atoms with Crippen LogP contribution in [0.5, 0.6) is 0 Å². The monoisotopic (exact) mass is 232 g/mol. The molecule has 1 N–H and O–H groups in total. The van der Waals surface area contributed by atoms with Crippen molar-refractivity contribution in [3.63, 3.8) is 0 Å². The molecule has 0 aromatic heterocycles. The van der Waals surface area contributed by atoms with E-state index in [0.717, 1.165) is 29.4 Å². The molecule has 0 saturated heterocycles. The fourth-order valence-corrected chi connectivity index (χ4v) is 1.24. The highest BCUT2D eigenvalue weighted by molar-refractivity contribution is 7.80. The van der Waals surface area contributed by atoms with Crippen LogP contribution < -0.4 is 0 Å². The predicted molar refractivity (Wildman–Crippen MR) is 68.5 cm³/mol. The third-order valence-electron chi connectivity index (χ3n) is 1.83. The lowest BCUT2D eigenvalue weighted by Crippen LogP contribution is -1.87. The first-order valence-electron chi connectivity index (χ1n) is 4.84. The molecule has 0 aliphatic carbocycles. The van der Waals surface area contributed by atoms with E-state index < -0.39 is 5.97 Å². The van der Waals surface area contributed by atoms with Crippen LogP contribution in [0.2, 0.25) is 0 Å². The highest BCUT2D eigenvalue weighted by Gasteiger charge is 1.95. The Labute approximate surface area is 100 Å². The van der Waals surface area contributed by atoms with Crippen molar-refractivity contribution in [2.75, 3.05) is 5.75 Å². The van der Waals surface area contributed by atoms with Crippen LogP contribution in [0.3, 0.4) is 0 Å². The number of carboxylic acid groups (broad SMARTS) is 1. The summed E-state index contributed by atoms with van der Waals surface area (Å²) in [6, 6.07) is 7.44. The van der Waals surface area contributed by atoms with Gasteiger partial charge in [-0.25, -0.2) is 4.79 Å². The third-order valence-corrected chi connectivity index (χ3v) is 2.05. The number of carboxylic acids is 1. The lowest BCUT2D eigenvalue weighted by atomic mass is 10.1. The summed E-state index contributed by atoms with van der Waals surface area (Å²) in [6.45, 7) is 0. The fourth-order valence-electron chi connectivity index (χ4n) is 1.13. The van der Waals surface area contributed by atoms with E-state index in [9.17, 15) is 4.79 Å². The summed E-state index contributed by atoms with van der Waals surface area (Å²) in [4.78, 5) is 10.4. The topological polar surface area (TPSA) is 37.3 Å².